The molecule has 20 heavy (non-hydrogen) atoms. The number of nitrogens with zero attached hydrogens (tertiary/aromatic N) is 4. The number of sulfonamides is 1. The molecule has 2 heterocycles. The molecule has 1 N–H and O–H groups in total. The van der Waals surface area contributed by atoms with Gasteiger partial charge in [-0.15, -0.1) is 21.5 Å². The van der Waals surface area contributed by atoms with E-state index in [0.717, 1.165) is 18.4 Å². The molecule has 11 heteroatoms. The zero-order chi connectivity index (χ0) is 14.8. The first-order valence-electron chi connectivity index (χ1n) is 5.30. The molecule has 9 nitrogen and oxygen atoms in total. The highest BCUT2D eigenvalue weighted by atomic mass is 32.2. The average Bonchev–Trinajstić information content (AvgIpc) is 3.04. The molecular formula is C9H11N5O4S2. The van der Waals surface area contributed by atoms with Crippen LogP contribution >= 0.6 is 11.3 Å². The van der Waals surface area contributed by atoms with Crippen LogP contribution in [0.15, 0.2) is 16.0 Å². The number of rotatable bonds is 5. The number of hydrogen-bond donors (Lipinski definition) is 1. The van der Waals surface area contributed by atoms with Gasteiger partial charge in [-0.3, -0.25) is 0 Å². The molecule has 0 bridgehead atoms. The number of methoxy groups -OCH3 is 1. The summed E-state index contributed by atoms with van der Waals surface area (Å²) < 4.78 is 32.5. The number of thiazole rings is 1. The molecule has 0 unspecified atom stereocenters. The number of nitrogens with one attached hydrogen (secondary N) is 1. The van der Waals surface area contributed by atoms with Gasteiger partial charge in [0.2, 0.25) is 0 Å². The second-order valence-electron chi connectivity index (χ2n) is 3.66. The predicted octanol–water partition coefficient (Wildman–Crippen LogP) is -0.463. The topological polar surface area (TPSA) is 116 Å². The zero-order valence-corrected chi connectivity index (χ0v) is 12.2. The Balaban J connectivity index is 2.21. The predicted molar refractivity (Wildman–Crippen MR) is 68.5 cm³/mol. The molecule has 0 aliphatic heterocycles. The minimum atomic E-state index is -3.87. The van der Waals surface area contributed by atoms with E-state index in [1.165, 1.54) is 11.8 Å². The average molecular weight is 317 g/mol. The van der Waals surface area contributed by atoms with Crippen molar-refractivity contribution in [3.63, 3.8) is 0 Å². The minimum absolute atomic E-state index is 0.0443. The summed E-state index contributed by atoms with van der Waals surface area (Å²) in [6, 6.07) is 0. The van der Waals surface area contributed by atoms with Crippen molar-refractivity contribution in [1.82, 2.24) is 24.5 Å². The van der Waals surface area contributed by atoms with Crippen molar-refractivity contribution in [2.75, 3.05) is 7.11 Å². The maximum absolute atomic E-state index is 12.1. The Morgan fingerprint density at radius 3 is 2.90 bits per heavy atom. The van der Waals surface area contributed by atoms with E-state index in [0.29, 0.717) is 5.82 Å². The van der Waals surface area contributed by atoms with Crippen LogP contribution in [0.2, 0.25) is 0 Å². The van der Waals surface area contributed by atoms with Crippen LogP contribution in [-0.2, 0) is 28.4 Å². The lowest BCUT2D eigenvalue weighted by Gasteiger charge is -2.05. The number of carbonyl (C=O) groups excluding carboxylic acids is 1. The largest absolute Gasteiger partial charge is 0.464 e. The molecule has 0 radical (unpaired) electrons. The van der Waals surface area contributed by atoms with Gasteiger partial charge in [-0.05, 0) is 0 Å². The molecule has 0 spiro atoms. The first-order chi connectivity index (χ1) is 9.45. The van der Waals surface area contributed by atoms with E-state index in [1.807, 2.05) is 0 Å². The van der Waals surface area contributed by atoms with Crippen LogP contribution in [0, 0.1) is 0 Å². The summed E-state index contributed by atoms with van der Waals surface area (Å²) in [5, 5.41) is 7.39. The summed E-state index contributed by atoms with van der Waals surface area (Å²) in [5.74, 6) is -0.358. The summed E-state index contributed by atoms with van der Waals surface area (Å²) >= 11 is 0.836. The van der Waals surface area contributed by atoms with Gasteiger partial charge < -0.3 is 9.30 Å². The van der Waals surface area contributed by atoms with Gasteiger partial charge in [-0.1, -0.05) is 0 Å². The Morgan fingerprint density at radius 1 is 1.55 bits per heavy atom. The Hall–Kier alpha value is -1.85. The van der Waals surface area contributed by atoms with Crippen LogP contribution in [0.4, 0.5) is 0 Å². The lowest BCUT2D eigenvalue weighted by molar-refractivity contribution is 0.0590. The number of aryl methyl sites for hydroxylation is 1. The summed E-state index contributed by atoms with van der Waals surface area (Å²) in [5.41, 5.74) is 1.03. The van der Waals surface area contributed by atoms with Crippen molar-refractivity contribution in [3.05, 3.63) is 23.4 Å². The number of aromatic nitrogens is 4. The molecule has 0 aliphatic carbocycles. The molecule has 108 valence electrons. The fourth-order valence-electron chi connectivity index (χ4n) is 1.35. The second-order valence-corrected chi connectivity index (χ2v) is 6.48. The van der Waals surface area contributed by atoms with Crippen LogP contribution in [-0.4, -0.2) is 41.2 Å². The quantitative estimate of drug-likeness (QED) is 0.741. The van der Waals surface area contributed by atoms with E-state index < -0.39 is 16.0 Å². The smallest absolute Gasteiger partial charge is 0.358 e. The van der Waals surface area contributed by atoms with Crippen molar-refractivity contribution in [1.29, 1.82) is 0 Å². The molecule has 0 fully saturated rings. The van der Waals surface area contributed by atoms with Crippen molar-refractivity contribution in [3.8, 4) is 0 Å². The van der Waals surface area contributed by atoms with Crippen LogP contribution in [0.25, 0.3) is 0 Å². The normalized spacial score (nSPS) is 11.5. The van der Waals surface area contributed by atoms with E-state index in [9.17, 15) is 13.2 Å². The van der Waals surface area contributed by atoms with Gasteiger partial charge in [-0.25, -0.2) is 22.9 Å². The molecule has 0 saturated carbocycles. The summed E-state index contributed by atoms with van der Waals surface area (Å²) in [6.07, 6.45) is 1.45. The van der Waals surface area contributed by atoms with Crippen LogP contribution in [0.3, 0.4) is 0 Å². The lowest BCUT2D eigenvalue weighted by Crippen LogP contribution is -2.25. The fourth-order valence-corrected chi connectivity index (χ4v) is 3.51. The SMILES string of the molecule is COC(=O)c1ncsc1S(=O)(=O)NCc1nncn1C. The van der Waals surface area contributed by atoms with Gasteiger partial charge in [0, 0.05) is 7.05 Å². The standard InChI is InChI=1S/C9H11N5O4S2/c1-14-4-11-13-6(14)3-12-20(16,17)9-7(8(15)18-2)10-5-19-9/h4-5,12H,3H2,1-2H3. The van der Waals surface area contributed by atoms with Crippen LogP contribution in [0.5, 0.6) is 0 Å². The summed E-state index contributed by atoms with van der Waals surface area (Å²) in [4.78, 5) is 15.1. The van der Waals surface area contributed by atoms with Gasteiger partial charge in [0.05, 0.1) is 19.2 Å². The van der Waals surface area contributed by atoms with Gasteiger partial charge in [-0.2, -0.15) is 0 Å². The van der Waals surface area contributed by atoms with E-state index in [2.05, 4.69) is 24.6 Å². The fraction of sp³-hybridized carbons (Fsp3) is 0.333. The number of carbonyl (C=O) groups is 1. The second kappa shape index (κ2) is 5.64. The third kappa shape index (κ3) is 2.84. The highest BCUT2D eigenvalue weighted by Gasteiger charge is 2.26. The molecule has 2 rings (SSSR count). The first kappa shape index (κ1) is 14.6. The van der Waals surface area contributed by atoms with Crippen molar-refractivity contribution in [2.45, 2.75) is 10.8 Å². The Bertz CT molecular complexity index is 720. The maximum Gasteiger partial charge on any atom is 0.358 e. The number of hydrogen-bond acceptors (Lipinski definition) is 8. The molecule has 2 aromatic heterocycles. The highest BCUT2D eigenvalue weighted by molar-refractivity contribution is 7.91. The van der Waals surface area contributed by atoms with Crippen molar-refractivity contribution in [2.24, 2.45) is 7.05 Å². The summed E-state index contributed by atoms with van der Waals surface area (Å²) in [7, 11) is -1.02. The van der Waals surface area contributed by atoms with E-state index in [4.69, 9.17) is 0 Å². The Morgan fingerprint density at radius 2 is 2.30 bits per heavy atom. The lowest BCUT2D eigenvalue weighted by atomic mass is 10.5. The van der Waals surface area contributed by atoms with Gasteiger partial charge in [0.25, 0.3) is 10.0 Å². The Kier molecular flexibility index (Phi) is 4.11. The molecule has 0 aromatic carbocycles. The Labute approximate surface area is 118 Å². The van der Waals surface area contributed by atoms with Crippen LogP contribution < -0.4 is 4.72 Å². The molecule has 0 aliphatic rings. The monoisotopic (exact) mass is 317 g/mol. The summed E-state index contributed by atoms with van der Waals surface area (Å²) in [6.45, 7) is -0.0443. The van der Waals surface area contributed by atoms with Gasteiger partial charge in [0.15, 0.2) is 9.90 Å². The van der Waals surface area contributed by atoms with Gasteiger partial charge in [0.1, 0.15) is 12.2 Å². The molecular weight excluding hydrogens is 306 g/mol. The molecule has 0 saturated heterocycles. The number of ether oxygens (including phenoxy) is 1. The zero-order valence-electron chi connectivity index (χ0n) is 10.6. The van der Waals surface area contributed by atoms with Crippen molar-refractivity contribution >= 4 is 27.3 Å². The third-order valence-electron chi connectivity index (χ3n) is 2.38. The van der Waals surface area contributed by atoms with Crippen molar-refractivity contribution < 1.29 is 17.9 Å². The minimum Gasteiger partial charge on any atom is -0.464 e. The van der Waals surface area contributed by atoms with Gasteiger partial charge >= 0.3 is 5.97 Å². The highest BCUT2D eigenvalue weighted by Crippen LogP contribution is 2.20. The first-order valence-corrected chi connectivity index (χ1v) is 7.66. The van der Waals surface area contributed by atoms with Crippen LogP contribution in [0.1, 0.15) is 16.3 Å². The molecule has 0 atom stereocenters. The maximum atomic E-state index is 12.1. The van der Waals surface area contributed by atoms with E-state index in [-0.39, 0.29) is 16.4 Å². The van der Waals surface area contributed by atoms with E-state index >= 15 is 0 Å². The van der Waals surface area contributed by atoms with E-state index in [1.54, 1.807) is 11.6 Å². The molecule has 0 amide bonds. The number of esters is 1. The third-order valence-corrected chi connectivity index (χ3v) is 5.15. The molecule has 2 aromatic rings.